The van der Waals surface area contributed by atoms with E-state index in [1.54, 1.807) is 13.2 Å². The molecule has 0 saturated heterocycles. The molecule has 3 nitrogen and oxygen atoms in total. The highest BCUT2D eigenvalue weighted by Crippen LogP contribution is 1.71. The third-order valence-electron chi connectivity index (χ3n) is 0.597. The topological polar surface area (TPSA) is 46.2 Å². The monoisotopic (exact) mass is 114 g/mol. The van der Waals surface area contributed by atoms with Gasteiger partial charge < -0.3 is 5.32 Å². The Morgan fingerprint density at radius 1 is 1.75 bits per heavy atom. The lowest BCUT2D eigenvalue weighted by Gasteiger charge is -1.99. The van der Waals surface area contributed by atoms with E-state index in [4.69, 9.17) is 0 Å². The lowest BCUT2D eigenvalue weighted by molar-refractivity contribution is -0.119. The zero-order chi connectivity index (χ0) is 6.57. The minimum atomic E-state index is -0.479. The summed E-state index contributed by atoms with van der Waals surface area (Å²) < 4.78 is 0. The fourth-order valence-corrected chi connectivity index (χ4v) is 0.334. The van der Waals surface area contributed by atoms with Gasteiger partial charge in [-0.25, -0.2) is 0 Å². The van der Waals surface area contributed by atoms with Gasteiger partial charge in [0.15, 0.2) is 0 Å². The molecule has 0 saturated carbocycles. The maximum Gasteiger partial charge on any atom is 0.222 e. The van der Waals surface area contributed by atoms with Crippen LogP contribution in [0.25, 0.3) is 0 Å². The molecule has 1 radical (unpaired) electrons. The molecule has 0 rings (SSSR count). The van der Waals surface area contributed by atoms with Crippen molar-refractivity contribution in [3.05, 3.63) is 0 Å². The SMILES string of the molecule is CC(=O)NC(C)[C]=O. The van der Waals surface area contributed by atoms with Crippen LogP contribution in [0.4, 0.5) is 0 Å². The van der Waals surface area contributed by atoms with E-state index in [1.165, 1.54) is 6.92 Å². The highest BCUT2D eigenvalue weighted by Gasteiger charge is 1.98. The van der Waals surface area contributed by atoms with Crippen molar-refractivity contribution in [1.29, 1.82) is 0 Å². The molecule has 0 aromatic rings. The van der Waals surface area contributed by atoms with Gasteiger partial charge >= 0.3 is 0 Å². The number of amides is 1. The van der Waals surface area contributed by atoms with Gasteiger partial charge in [0, 0.05) is 6.92 Å². The van der Waals surface area contributed by atoms with Crippen LogP contribution >= 0.6 is 0 Å². The summed E-state index contributed by atoms with van der Waals surface area (Å²) in [7, 11) is 0. The van der Waals surface area contributed by atoms with Crippen molar-refractivity contribution in [1.82, 2.24) is 5.32 Å². The van der Waals surface area contributed by atoms with Crippen molar-refractivity contribution in [2.75, 3.05) is 0 Å². The molecule has 1 N–H and O–H groups in total. The summed E-state index contributed by atoms with van der Waals surface area (Å²) in [6, 6.07) is -0.479. The molecule has 1 amide bonds. The number of carbonyl (C=O) groups is 1. The van der Waals surface area contributed by atoms with Crippen LogP contribution in [0.1, 0.15) is 13.8 Å². The maximum atomic E-state index is 10.1. The van der Waals surface area contributed by atoms with Crippen LogP contribution in [0.2, 0.25) is 0 Å². The minimum Gasteiger partial charge on any atom is -0.346 e. The lowest BCUT2D eigenvalue weighted by atomic mass is 10.4. The number of rotatable bonds is 2. The molecule has 0 aromatic carbocycles. The van der Waals surface area contributed by atoms with Crippen molar-refractivity contribution in [3.8, 4) is 0 Å². The quantitative estimate of drug-likeness (QED) is 0.532. The summed E-state index contributed by atoms with van der Waals surface area (Å²) >= 11 is 0. The Morgan fingerprint density at radius 3 is 2.38 bits per heavy atom. The fraction of sp³-hybridized carbons (Fsp3) is 0.600. The first-order valence-corrected chi connectivity index (χ1v) is 2.31. The van der Waals surface area contributed by atoms with E-state index in [0.29, 0.717) is 0 Å². The Labute approximate surface area is 48.1 Å². The van der Waals surface area contributed by atoms with E-state index in [9.17, 15) is 9.59 Å². The van der Waals surface area contributed by atoms with Crippen molar-refractivity contribution < 1.29 is 9.59 Å². The molecule has 0 aliphatic carbocycles. The van der Waals surface area contributed by atoms with Crippen LogP contribution in [-0.4, -0.2) is 18.2 Å². The van der Waals surface area contributed by atoms with Crippen molar-refractivity contribution in [3.63, 3.8) is 0 Å². The van der Waals surface area contributed by atoms with E-state index < -0.39 is 6.04 Å². The first kappa shape index (κ1) is 7.14. The standard InChI is InChI=1S/C5H8NO2/c1-4(3-7)6-5(2)8/h4H,1-2H3,(H,6,8). The third-order valence-corrected chi connectivity index (χ3v) is 0.597. The smallest absolute Gasteiger partial charge is 0.222 e. The molecular formula is C5H8NO2. The van der Waals surface area contributed by atoms with Gasteiger partial charge in [-0.15, -0.1) is 0 Å². The second-order valence-electron chi connectivity index (χ2n) is 1.54. The van der Waals surface area contributed by atoms with Crippen LogP contribution in [-0.2, 0) is 9.59 Å². The molecular weight excluding hydrogens is 106 g/mol. The molecule has 3 heteroatoms. The number of carbonyl (C=O) groups excluding carboxylic acids is 2. The first-order valence-electron chi connectivity index (χ1n) is 2.31. The number of nitrogens with one attached hydrogen (secondary N) is 1. The van der Waals surface area contributed by atoms with Gasteiger partial charge in [-0.1, -0.05) is 0 Å². The Kier molecular flexibility index (Phi) is 2.84. The van der Waals surface area contributed by atoms with Gasteiger partial charge in [0.2, 0.25) is 12.2 Å². The molecule has 0 heterocycles. The molecule has 0 bridgehead atoms. The van der Waals surface area contributed by atoms with Gasteiger partial charge in [-0.3, -0.25) is 9.59 Å². The van der Waals surface area contributed by atoms with Crippen LogP contribution in [0.3, 0.4) is 0 Å². The van der Waals surface area contributed by atoms with Crippen LogP contribution in [0, 0.1) is 0 Å². The minimum absolute atomic E-state index is 0.208. The van der Waals surface area contributed by atoms with Gasteiger partial charge in [0.1, 0.15) is 0 Å². The molecule has 1 unspecified atom stereocenters. The Morgan fingerprint density at radius 2 is 2.25 bits per heavy atom. The Hall–Kier alpha value is -0.860. The molecule has 0 fully saturated rings. The third kappa shape index (κ3) is 3.33. The van der Waals surface area contributed by atoms with E-state index >= 15 is 0 Å². The summed E-state index contributed by atoms with van der Waals surface area (Å²) in [5.74, 6) is -0.208. The molecule has 0 spiro atoms. The summed E-state index contributed by atoms with van der Waals surface area (Å²) in [4.78, 5) is 19.8. The number of hydrogen-bond acceptors (Lipinski definition) is 2. The average Bonchev–Trinajstić information content (AvgIpc) is 1.65. The average molecular weight is 114 g/mol. The van der Waals surface area contributed by atoms with E-state index in [-0.39, 0.29) is 5.91 Å². The van der Waals surface area contributed by atoms with Gasteiger partial charge in [0.25, 0.3) is 0 Å². The van der Waals surface area contributed by atoms with E-state index in [1.807, 2.05) is 0 Å². The second-order valence-corrected chi connectivity index (χ2v) is 1.54. The largest absolute Gasteiger partial charge is 0.346 e. The van der Waals surface area contributed by atoms with Crippen LogP contribution in [0.15, 0.2) is 0 Å². The fourth-order valence-electron chi connectivity index (χ4n) is 0.334. The highest BCUT2D eigenvalue weighted by atomic mass is 16.2. The second kappa shape index (κ2) is 3.18. The van der Waals surface area contributed by atoms with Gasteiger partial charge in [0.05, 0.1) is 6.04 Å². The number of hydrogen-bond donors (Lipinski definition) is 1. The van der Waals surface area contributed by atoms with E-state index in [0.717, 1.165) is 0 Å². The molecule has 1 atom stereocenters. The Bertz CT molecular complexity index is 101. The van der Waals surface area contributed by atoms with Crippen LogP contribution < -0.4 is 5.32 Å². The van der Waals surface area contributed by atoms with E-state index in [2.05, 4.69) is 5.32 Å². The van der Waals surface area contributed by atoms with Crippen LogP contribution in [0.5, 0.6) is 0 Å². The summed E-state index contributed by atoms with van der Waals surface area (Å²) in [6.07, 6.45) is 1.61. The summed E-state index contributed by atoms with van der Waals surface area (Å²) in [5, 5.41) is 2.33. The predicted molar refractivity (Wildman–Crippen MR) is 29.0 cm³/mol. The highest BCUT2D eigenvalue weighted by molar-refractivity contribution is 5.77. The maximum absolute atomic E-state index is 10.1. The summed E-state index contributed by atoms with van der Waals surface area (Å²) in [6.45, 7) is 2.92. The first-order chi connectivity index (χ1) is 3.66. The predicted octanol–water partition coefficient (Wildman–Crippen LogP) is -0.379. The molecule has 0 aromatic heterocycles. The van der Waals surface area contributed by atoms with Gasteiger partial charge in [-0.05, 0) is 6.92 Å². The molecule has 45 valence electrons. The van der Waals surface area contributed by atoms with Gasteiger partial charge in [-0.2, -0.15) is 0 Å². The Balaban J connectivity index is 3.38. The lowest BCUT2D eigenvalue weighted by Crippen LogP contribution is -2.31. The normalized spacial score (nSPS) is 12.2. The van der Waals surface area contributed by atoms with Crippen molar-refractivity contribution in [2.45, 2.75) is 19.9 Å². The summed E-state index contributed by atoms with van der Waals surface area (Å²) in [5.41, 5.74) is 0. The zero-order valence-corrected chi connectivity index (χ0v) is 4.89. The van der Waals surface area contributed by atoms with Crippen molar-refractivity contribution in [2.24, 2.45) is 0 Å². The molecule has 0 aliphatic rings. The zero-order valence-electron chi connectivity index (χ0n) is 4.89. The molecule has 0 aliphatic heterocycles. The van der Waals surface area contributed by atoms with Crippen molar-refractivity contribution >= 4 is 12.2 Å². The molecule has 8 heavy (non-hydrogen) atoms.